The van der Waals surface area contributed by atoms with Crippen LogP contribution < -0.4 is 10.1 Å². The second-order valence-corrected chi connectivity index (χ2v) is 8.99. The molecule has 4 rings (SSSR count). The van der Waals surface area contributed by atoms with E-state index in [1.54, 1.807) is 0 Å². The largest absolute Gasteiger partial charge is 0.492 e. The van der Waals surface area contributed by atoms with Crippen LogP contribution in [0, 0.1) is 0 Å². The summed E-state index contributed by atoms with van der Waals surface area (Å²) in [5.74, 6) is 0.649. The van der Waals surface area contributed by atoms with E-state index >= 15 is 0 Å². The number of hydrogen-bond acceptors (Lipinski definition) is 5. The van der Waals surface area contributed by atoms with Crippen LogP contribution in [0.3, 0.4) is 0 Å². The standard InChI is InChI=1S/C27H33N3O3/c1-29(2)13-14-33-26-10-9-21-15-23(8-7-22(21)16-26)27(32)28-17-25(31)19-30-12-11-20-5-3-4-6-24(20)18-30/h3-10,15-16,25,31H,11-14,17-19H2,1-2H3,(H,28,32)/t25-/m0/s1. The molecule has 2 N–H and O–H groups in total. The van der Waals surface area contributed by atoms with Gasteiger partial charge in [-0.05, 0) is 66.7 Å². The zero-order chi connectivity index (χ0) is 23.2. The first-order valence-corrected chi connectivity index (χ1v) is 11.5. The highest BCUT2D eigenvalue weighted by molar-refractivity contribution is 5.98. The Bertz CT molecular complexity index is 1100. The number of aliphatic hydroxyl groups excluding tert-OH is 1. The van der Waals surface area contributed by atoms with Gasteiger partial charge in [-0.1, -0.05) is 36.4 Å². The molecule has 0 aliphatic carbocycles. The van der Waals surface area contributed by atoms with Gasteiger partial charge < -0.3 is 20.1 Å². The fraction of sp³-hybridized carbons (Fsp3) is 0.370. The molecule has 174 valence electrons. The fourth-order valence-corrected chi connectivity index (χ4v) is 4.19. The summed E-state index contributed by atoms with van der Waals surface area (Å²) < 4.78 is 5.80. The Morgan fingerprint density at radius 1 is 1.09 bits per heavy atom. The predicted molar refractivity (Wildman–Crippen MR) is 132 cm³/mol. The lowest BCUT2D eigenvalue weighted by Crippen LogP contribution is -2.42. The molecule has 0 fully saturated rings. The number of β-amino-alcohol motifs (C(OH)–C–C–N with tert-alkyl or cyclic N) is 1. The summed E-state index contributed by atoms with van der Waals surface area (Å²) in [5.41, 5.74) is 3.30. The number of carbonyl (C=O) groups excluding carboxylic acids is 1. The van der Waals surface area contributed by atoms with Crippen LogP contribution in [0.5, 0.6) is 5.75 Å². The summed E-state index contributed by atoms with van der Waals surface area (Å²) in [7, 11) is 4.03. The predicted octanol–water partition coefficient (Wildman–Crippen LogP) is 2.93. The summed E-state index contributed by atoms with van der Waals surface area (Å²) >= 11 is 0. The highest BCUT2D eigenvalue weighted by Crippen LogP contribution is 2.22. The van der Waals surface area contributed by atoms with Gasteiger partial charge in [0.1, 0.15) is 12.4 Å². The lowest BCUT2D eigenvalue weighted by atomic mass is 10.00. The molecule has 1 heterocycles. The molecule has 33 heavy (non-hydrogen) atoms. The first kappa shape index (κ1) is 23.2. The molecular weight excluding hydrogens is 414 g/mol. The van der Waals surface area contributed by atoms with Crippen molar-refractivity contribution in [1.29, 1.82) is 0 Å². The molecule has 0 saturated heterocycles. The minimum absolute atomic E-state index is 0.175. The Hall–Kier alpha value is -2.93. The number of aliphatic hydroxyl groups is 1. The van der Waals surface area contributed by atoms with Crippen molar-refractivity contribution < 1.29 is 14.6 Å². The minimum atomic E-state index is -0.610. The number of benzene rings is 3. The zero-order valence-corrected chi connectivity index (χ0v) is 19.5. The maximum absolute atomic E-state index is 12.7. The van der Waals surface area contributed by atoms with Crippen LogP contribution in [0.2, 0.25) is 0 Å². The lowest BCUT2D eigenvalue weighted by molar-refractivity contribution is 0.0842. The highest BCUT2D eigenvalue weighted by atomic mass is 16.5. The van der Waals surface area contributed by atoms with E-state index in [0.717, 1.165) is 42.6 Å². The van der Waals surface area contributed by atoms with Crippen LogP contribution in [0.25, 0.3) is 10.8 Å². The van der Waals surface area contributed by atoms with E-state index in [2.05, 4.69) is 39.4 Å². The summed E-state index contributed by atoms with van der Waals surface area (Å²) in [6.07, 6.45) is 0.385. The van der Waals surface area contributed by atoms with Gasteiger partial charge >= 0.3 is 0 Å². The van der Waals surface area contributed by atoms with Gasteiger partial charge in [-0.25, -0.2) is 0 Å². The third kappa shape index (κ3) is 6.32. The molecule has 1 amide bonds. The number of ether oxygens (including phenoxy) is 1. The molecule has 0 saturated carbocycles. The summed E-state index contributed by atoms with van der Waals surface area (Å²) in [4.78, 5) is 17.0. The Balaban J connectivity index is 1.28. The summed E-state index contributed by atoms with van der Waals surface area (Å²) in [6, 6.07) is 20.0. The van der Waals surface area contributed by atoms with Crippen molar-refractivity contribution in [2.75, 3.05) is 46.9 Å². The molecule has 1 aliphatic rings. The van der Waals surface area contributed by atoms with Crippen molar-refractivity contribution in [3.63, 3.8) is 0 Å². The minimum Gasteiger partial charge on any atom is -0.492 e. The number of fused-ring (bicyclic) bond motifs is 2. The van der Waals surface area contributed by atoms with Crippen LogP contribution in [-0.2, 0) is 13.0 Å². The summed E-state index contributed by atoms with van der Waals surface area (Å²) in [6.45, 7) is 4.02. The second kappa shape index (κ2) is 10.8. The SMILES string of the molecule is CN(C)CCOc1ccc2cc(C(=O)NC[C@H](O)CN3CCc4ccccc4C3)ccc2c1. The van der Waals surface area contributed by atoms with Crippen molar-refractivity contribution in [2.45, 2.75) is 19.1 Å². The lowest BCUT2D eigenvalue weighted by Gasteiger charge is -2.30. The number of nitrogens with zero attached hydrogens (tertiary/aromatic N) is 2. The smallest absolute Gasteiger partial charge is 0.251 e. The maximum Gasteiger partial charge on any atom is 0.251 e. The van der Waals surface area contributed by atoms with Gasteiger partial charge in [0, 0.05) is 38.3 Å². The number of hydrogen-bond donors (Lipinski definition) is 2. The maximum atomic E-state index is 12.7. The quantitative estimate of drug-likeness (QED) is 0.528. The molecule has 3 aromatic rings. The third-order valence-electron chi connectivity index (χ3n) is 6.06. The van der Waals surface area contributed by atoms with Gasteiger partial charge in [0.2, 0.25) is 0 Å². The van der Waals surface area contributed by atoms with E-state index < -0.39 is 6.10 Å². The molecule has 6 heteroatoms. The van der Waals surface area contributed by atoms with E-state index in [-0.39, 0.29) is 12.5 Å². The normalized spacial score (nSPS) is 14.8. The van der Waals surface area contributed by atoms with Crippen LogP contribution in [-0.4, -0.2) is 73.8 Å². The van der Waals surface area contributed by atoms with Gasteiger partial charge in [0.15, 0.2) is 0 Å². The van der Waals surface area contributed by atoms with Crippen molar-refractivity contribution in [3.05, 3.63) is 77.4 Å². The molecule has 0 aromatic heterocycles. The number of likely N-dealkylation sites (N-methyl/N-ethyl adjacent to an activating group) is 1. The zero-order valence-electron chi connectivity index (χ0n) is 19.5. The number of nitrogens with one attached hydrogen (secondary N) is 1. The van der Waals surface area contributed by atoms with Crippen molar-refractivity contribution >= 4 is 16.7 Å². The van der Waals surface area contributed by atoms with E-state index in [4.69, 9.17) is 4.74 Å². The molecule has 3 aromatic carbocycles. The average molecular weight is 448 g/mol. The number of carbonyl (C=O) groups is 1. The average Bonchev–Trinajstić information content (AvgIpc) is 2.82. The number of rotatable bonds is 9. The topological polar surface area (TPSA) is 65.0 Å². The van der Waals surface area contributed by atoms with E-state index in [9.17, 15) is 9.90 Å². The molecule has 0 bridgehead atoms. The highest BCUT2D eigenvalue weighted by Gasteiger charge is 2.19. The first-order valence-electron chi connectivity index (χ1n) is 11.5. The fourth-order valence-electron chi connectivity index (χ4n) is 4.19. The van der Waals surface area contributed by atoms with Crippen LogP contribution in [0.1, 0.15) is 21.5 Å². The van der Waals surface area contributed by atoms with Crippen molar-refractivity contribution in [1.82, 2.24) is 15.1 Å². The van der Waals surface area contributed by atoms with Crippen LogP contribution in [0.4, 0.5) is 0 Å². The summed E-state index contributed by atoms with van der Waals surface area (Å²) in [5, 5.41) is 15.4. The van der Waals surface area contributed by atoms with E-state index in [1.165, 1.54) is 11.1 Å². The Kier molecular flexibility index (Phi) is 7.60. The Morgan fingerprint density at radius 3 is 2.67 bits per heavy atom. The van der Waals surface area contributed by atoms with Gasteiger partial charge in [-0.3, -0.25) is 9.69 Å². The van der Waals surface area contributed by atoms with Crippen molar-refractivity contribution in [3.8, 4) is 5.75 Å². The van der Waals surface area contributed by atoms with E-state index in [0.29, 0.717) is 18.7 Å². The van der Waals surface area contributed by atoms with E-state index in [1.807, 2.05) is 50.5 Å². The van der Waals surface area contributed by atoms with Gasteiger partial charge in [-0.2, -0.15) is 0 Å². The van der Waals surface area contributed by atoms with Crippen LogP contribution >= 0.6 is 0 Å². The number of amides is 1. The van der Waals surface area contributed by atoms with Crippen molar-refractivity contribution in [2.24, 2.45) is 0 Å². The van der Waals surface area contributed by atoms with Crippen LogP contribution in [0.15, 0.2) is 60.7 Å². The molecule has 0 spiro atoms. The second-order valence-electron chi connectivity index (χ2n) is 8.99. The Morgan fingerprint density at radius 2 is 1.85 bits per heavy atom. The monoisotopic (exact) mass is 447 g/mol. The molecular formula is C27H33N3O3. The molecule has 6 nitrogen and oxygen atoms in total. The molecule has 1 atom stereocenters. The Labute approximate surface area is 195 Å². The molecule has 0 unspecified atom stereocenters. The van der Waals surface area contributed by atoms with Gasteiger partial charge in [-0.15, -0.1) is 0 Å². The molecule has 1 aliphatic heterocycles. The van der Waals surface area contributed by atoms with Gasteiger partial charge in [0.25, 0.3) is 5.91 Å². The first-order chi connectivity index (χ1) is 16.0. The third-order valence-corrected chi connectivity index (χ3v) is 6.06. The molecule has 0 radical (unpaired) electrons. The van der Waals surface area contributed by atoms with Gasteiger partial charge in [0.05, 0.1) is 6.10 Å².